The van der Waals surface area contributed by atoms with E-state index in [9.17, 15) is 13.6 Å². The number of alkyl halides is 2. The van der Waals surface area contributed by atoms with Crippen LogP contribution in [0.1, 0.15) is 51.4 Å². The van der Waals surface area contributed by atoms with Crippen molar-refractivity contribution in [2.24, 2.45) is 22.7 Å². The van der Waals surface area contributed by atoms with E-state index >= 15 is 0 Å². The second kappa shape index (κ2) is 4.28. The van der Waals surface area contributed by atoms with Gasteiger partial charge in [-0.1, -0.05) is 24.6 Å². The third-order valence-electron chi connectivity index (χ3n) is 5.75. The second-order valence-electron chi connectivity index (χ2n) is 6.97. The molecule has 3 aliphatic carbocycles. The van der Waals surface area contributed by atoms with Crippen LogP contribution >= 0.6 is 11.8 Å². The summed E-state index contributed by atoms with van der Waals surface area (Å²) in [5.74, 6) is -2.33. The highest BCUT2D eigenvalue weighted by atomic mass is 32.2. The molecule has 4 rings (SSSR count). The largest absolute Gasteiger partial charge is 0.271 e. The molecule has 3 unspecified atom stereocenters. The van der Waals surface area contributed by atoms with Crippen molar-refractivity contribution in [1.29, 1.82) is 0 Å². The molecule has 0 N–H and O–H groups in total. The molecule has 1 amide bonds. The Bertz CT molecular complexity index is 484. The lowest BCUT2D eigenvalue weighted by molar-refractivity contribution is -0.119. The highest BCUT2D eigenvalue weighted by Gasteiger charge is 2.57. The van der Waals surface area contributed by atoms with Crippen LogP contribution < -0.4 is 0 Å². The van der Waals surface area contributed by atoms with Gasteiger partial charge >= 0.3 is 0 Å². The first kappa shape index (κ1) is 13.2. The number of hydrogen-bond acceptors (Lipinski definition) is 2. The van der Waals surface area contributed by atoms with Crippen molar-refractivity contribution in [2.75, 3.05) is 0 Å². The van der Waals surface area contributed by atoms with E-state index in [0.717, 1.165) is 37.1 Å². The number of nitrogens with zero attached hydrogens (tertiary/aromatic N) is 1. The third-order valence-corrected chi connectivity index (χ3v) is 7.22. The monoisotopic (exact) mass is 299 g/mol. The fourth-order valence-electron chi connectivity index (χ4n) is 4.65. The normalized spacial score (nSPS) is 40.8. The van der Waals surface area contributed by atoms with Crippen molar-refractivity contribution in [3.8, 4) is 0 Å². The molecule has 1 aliphatic heterocycles. The highest BCUT2D eigenvalue weighted by molar-refractivity contribution is 8.16. The van der Waals surface area contributed by atoms with Gasteiger partial charge in [0.25, 0.3) is 11.8 Å². The van der Waals surface area contributed by atoms with Crippen LogP contribution in [0.2, 0.25) is 0 Å². The zero-order valence-corrected chi connectivity index (χ0v) is 12.2. The standard InChI is InChI=1S/C15H19F2NOS/c16-15(17)8-10-6-11(15)5-9(10)7-12-18-13(19)14(20-12)3-1-2-4-14/h9-11H,1-8H2. The molecule has 0 aromatic rings. The number of thioether (sulfide) groups is 1. The van der Waals surface area contributed by atoms with Crippen LogP contribution in [0.3, 0.4) is 0 Å². The SMILES string of the molecule is O=C1N=C(CC2CC3CC2CC3(F)F)SC12CCCC2. The third kappa shape index (κ3) is 1.88. The zero-order chi connectivity index (χ0) is 14.0. The number of aliphatic imine (C=N–C) groups is 1. The molecule has 1 spiro atoms. The topological polar surface area (TPSA) is 29.4 Å². The highest BCUT2D eigenvalue weighted by Crippen LogP contribution is 2.58. The summed E-state index contributed by atoms with van der Waals surface area (Å²) in [5, 5.41) is 0.928. The van der Waals surface area contributed by atoms with Gasteiger partial charge in [0, 0.05) is 12.3 Å². The molecule has 1 heterocycles. The van der Waals surface area contributed by atoms with Gasteiger partial charge in [-0.2, -0.15) is 0 Å². The molecule has 3 saturated carbocycles. The van der Waals surface area contributed by atoms with Crippen molar-refractivity contribution in [1.82, 2.24) is 0 Å². The molecule has 5 heteroatoms. The number of rotatable bonds is 2. The summed E-state index contributed by atoms with van der Waals surface area (Å²) in [5.41, 5.74) is 0. The van der Waals surface area contributed by atoms with E-state index in [1.807, 2.05) is 0 Å². The first-order valence-corrected chi connectivity index (χ1v) is 8.49. The maximum absolute atomic E-state index is 13.5. The molecule has 0 saturated heterocycles. The van der Waals surface area contributed by atoms with Gasteiger partial charge in [0.1, 0.15) is 4.75 Å². The number of carbonyl (C=O) groups excluding carboxylic acids is 1. The van der Waals surface area contributed by atoms with Crippen molar-refractivity contribution in [3.05, 3.63) is 0 Å². The van der Waals surface area contributed by atoms with Crippen LogP contribution in [-0.2, 0) is 4.79 Å². The summed E-state index contributed by atoms with van der Waals surface area (Å²) in [6.07, 6.45) is 6.22. The smallest absolute Gasteiger partial charge is 0.263 e. The summed E-state index contributed by atoms with van der Waals surface area (Å²) in [7, 11) is 0. The maximum Gasteiger partial charge on any atom is 0.263 e. The average Bonchev–Trinajstić information content (AvgIpc) is 3.08. The number of hydrogen-bond donors (Lipinski definition) is 0. The molecule has 2 nitrogen and oxygen atoms in total. The molecule has 2 bridgehead atoms. The first-order valence-electron chi connectivity index (χ1n) is 7.67. The van der Waals surface area contributed by atoms with Gasteiger partial charge in [-0.15, -0.1) is 0 Å². The lowest BCUT2D eigenvalue weighted by Gasteiger charge is -2.27. The van der Waals surface area contributed by atoms with E-state index in [1.54, 1.807) is 11.8 Å². The van der Waals surface area contributed by atoms with E-state index in [-0.39, 0.29) is 23.0 Å². The van der Waals surface area contributed by atoms with Crippen LogP contribution in [0.15, 0.2) is 4.99 Å². The van der Waals surface area contributed by atoms with Crippen molar-refractivity contribution in [3.63, 3.8) is 0 Å². The van der Waals surface area contributed by atoms with Crippen LogP contribution in [0.4, 0.5) is 8.78 Å². The molecule has 3 fully saturated rings. The molecule has 3 atom stereocenters. The Hall–Kier alpha value is -0.450. The van der Waals surface area contributed by atoms with E-state index in [4.69, 9.17) is 0 Å². The Labute approximate surface area is 121 Å². The summed E-state index contributed by atoms with van der Waals surface area (Å²) in [4.78, 5) is 16.4. The van der Waals surface area contributed by atoms with Gasteiger partial charge in [0.2, 0.25) is 0 Å². The Morgan fingerprint density at radius 1 is 1.25 bits per heavy atom. The first-order chi connectivity index (χ1) is 9.48. The Morgan fingerprint density at radius 2 is 2.00 bits per heavy atom. The maximum atomic E-state index is 13.5. The fraction of sp³-hybridized carbons (Fsp3) is 0.867. The van der Waals surface area contributed by atoms with Crippen LogP contribution in [-0.4, -0.2) is 21.6 Å². The molecule has 4 aliphatic rings. The van der Waals surface area contributed by atoms with Gasteiger partial charge in [-0.05, 0) is 43.9 Å². The zero-order valence-electron chi connectivity index (χ0n) is 11.4. The van der Waals surface area contributed by atoms with Crippen molar-refractivity contribution < 1.29 is 13.6 Å². The van der Waals surface area contributed by atoms with E-state index in [2.05, 4.69) is 4.99 Å². The molecule has 20 heavy (non-hydrogen) atoms. The van der Waals surface area contributed by atoms with Crippen molar-refractivity contribution >= 4 is 22.7 Å². The lowest BCUT2D eigenvalue weighted by atomic mass is 9.85. The summed E-state index contributed by atoms with van der Waals surface area (Å²) >= 11 is 1.66. The quantitative estimate of drug-likeness (QED) is 0.770. The summed E-state index contributed by atoms with van der Waals surface area (Å²) in [6, 6.07) is 0. The molecule has 0 aromatic carbocycles. The second-order valence-corrected chi connectivity index (χ2v) is 8.43. The Kier molecular flexibility index (Phi) is 2.83. The molecule has 110 valence electrons. The van der Waals surface area contributed by atoms with Crippen LogP contribution in [0.5, 0.6) is 0 Å². The van der Waals surface area contributed by atoms with E-state index in [0.29, 0.717) is 18.8 Å². The molecule has 0 radical (unpaired) electrons. The number of carbonyl (C=O) groups is 1. The van der Waals surface area contributed by atoms with E-state index < -0.39 is 11.8 Å². The van der Waals surface area contributed by atoms with Gasteiger partial charge in [-0.25, -0.2) is 13.8 Å². The Morgan fingerprint density at radius 3 is 2.60 bits per heavy atom. The summed E-state index contributed by atoms with van der Waals surface area (Å²) < 4.78 is 26.8. The minimum Gasteiger partial charge on any atom is -0.271 e. The Balaban J connectivity index is 1.42. The molecule has 0 aromatic heterocycles. The molecular weight excluding hydrogens is 280 g/mol. The summed E-state index contributed by atoms with van der Waals surface area (Å²) in [6.45, 7) is 0. The van der Waals surface area contributed by atoms with Crippen LogP contribution in [0.25, 0.3) is 0 Å². The van der Waals surface area contributed by atoms with Gasteiger partial charge in [-0.3, -0.25) is 4.79 Å². The number of fused-ring (bicyclic) bond motifs is 2. The lowest BCUT2D eigenvalue weighted by Crippen LogP contribution is -2.29. The van der Waals surface area contributed by atoms with Crippen LogP contribution in [0, 0.1) is 17.8 Å². The fourth-order valence-corrected chi connectivity index (χ4v) is 6.16. The predicted octanol–water partition coefficient (Wildman–Crippen LogP) is 4.04. The number of amides is 1. The van der Waals surface area contributed by atoms with Crippen molar-refractivity contribution in [2.45, 2.75) is 62.0 Å². The van der Waals surface area contributed by atoms with Gasteiger partial charge in [0.05, 0.1) is 5.04 Å². The minimum absolute atomic E-state index is 0.0449. The minimum atomic E-state index is -2.44. The average molecular weight is 299 g/mol. The van der Waals surface area contributed by atoms with Gasteiger partial charge < -0.3 is 0 Å². The molecular formula is C15H19F2NOS. The predicted molar refractivity (Wildman–Crippen MR) is 75.1 cm³/mol. The number of halogens is 2. The van der Waals surface area contributed by atoms with E-state index in [1.165, 1.54) is 0 Å². The van der Waals surface area contributed by atoms with Gasteiger partial charge in [0.15, 0.2) is 0 Å².